The molecule has 2 heterocycles. The lowest BCUT2D eigenvalue weighted by Crippen LogP contribution is -2.55. The van der Waals surface area contributed by atoms with Crippen LogP contribution in [0.5, 0.6) is 0 Å². The number of hydrogen-bond acceptors (Lipinski definition) is 3. The van der Waals surface area contributed by atoms with Gasteiger partial charge in [0.05, 0.1) is 5.54 Å². The second-order valence-corrected chi connectivity index (χ2v) is 7.92. The molecule has 4 heteroatoms. The van der Waals surface area contributed by atoms with Gasteiger partial charge in [-0.25, -0.2) is 0 Å². The van der Waals surface area contributed by atoms with Crippen LogP contribution in [0.15, 0.2) is 0 Å². The van der Waals surface area contributed by atoms with Crippen molar-refractivity contribution in [2.75, 3.05) is 25.4 Å². The molecular formula is C14H26N2OS. The quantitative estimate of drug-likeness (QED) is 0.835. The minimum atomic E-state index is -0.251. The highest BCUT2D eigenvalue weighted by Gasteiger charge is 2.42. The Kier molecular flexibility index (Phi) is 4.27. The summed E-state index contributed by atoms with van der Waals surface area (Å²) >= 11 is 2.00. The van der Waals surface area contributed by atoms with Gasteiger partial charge < -0.3 is 10.2 Å². The Morgan fingerprint density at radius 3 is 2.72 bits per heavy atom. The van der Waals surface area contributed by atoms with E-state index in [0.717, 1.165) is 51.1 Å². The summed E-state index contributed by atoms with van der Waals surface area (Å²) < 4.78 is 0.317. The van der Waals surface area contributed by atoms with E-state index >= 15 is 0 Å². The molecule has 1 N–H and O–H groups in total. The fourth-order valence-electron chi connectivity index (χ4n) is 2.97. The minimum Gasteiger partial charge on any atom is -0.340 e. The lowest BCUT2D eigenvalue weighted by atomic mass is 9.92. The number of hydrogen-bond donors (Lipinski definition) is 1. The number of nitrogens with one attached hydrogen (secondary N) is 1. The van der Waals surface area contributed by atoms with Gasteiger partial charge in [0.25, 0.3) is 0 Å². The van der Waals surface area contributed by atoms with Crippen LogP contribution in [0, 0.1) is 0 Å². The van der Waals surface area contributed by atoms with E-state index < -0.39 is 0 Å². The SMILES string of the molecule is CCC1(C(=O)N2CCSC(C)(C)CC2)CCCN1. The molecule has 1 unspecified atom stereocenters. The number of amides is 1. The molecule has 2 fully saturated rings. The van der Waals surface area contributed by atoms with Crippen molar-refractivity contribution >= 4 is 17.7 Å². The molecule has 0 bridgehead atoms. The summed E-state index contributed by atoms with van der Waals surface area (Å²) in [6, 6.07) is 0. The van der Waals surface area contributed by atoms with Crippen LogP contribution in [-0.4, -0.2) is 46.5 Å². The van der Waals surface area contributed by atoms with Crippen molar-refractivity contribution in [3.05, 3.63) is 0 Å². The first kappa shape index (κ1) is 14.2. The lowest BCUT2D eigenvalue weighted by Gasteiger charge is -2.33. The topological polar surface area (TPSA) is 32.3 Å². The molecule has 2 rings (SSSR count). The molecule has 2 aliphatic heterocycles. The van der Waals surface area contributed by atoms with Gasteiger partial charge in [-0.05, 0) is 32.2 Å². The fourth-order valence-corrected chi connectivity index (χ4v) is 4.07. The number of rotatable bonds is 2. The summed E-state index contributed by atoms with van der Waals surface area (Å²) in [4.78, 5) is 14.9. The summed E-state index contributed by atoms with van der Waals surface area (Å²) in [5, 5.41) is 3.46. The van der Waals surface area contributed by atoms with Crippen molar-refractivity contribution in [1.82, 2.24) is 10.2 Å². The Balaban J connectivity index is 2.04. The number of carbonyl (C=O) groups is 1. The molecule has 3 nitrogen and oxygen atoms in total. The first-order valence-electron chi connectivity index (χ1n) is 7.17. The van der Waals surface area contributed by atoms with E-state index in [0.29, 0.717) is 10.7 Å². The highest BCUT2D eigenvalue weighted by Crippen LogP contribution is 2.32. The van der Waals surface area contributed by atoms with Crippen LogP contribution in [0.3, 0.4) is 0 Å². The van der Waals surface area contributed by atoms with E-state index in [1.807, 2.05) is 11.8 Å². The monoisotopic (exact) mass is 270 g/mol. The second kappa shape index (κ2) is 5.41. The number of thioether (sulfide) groups is 1. The maximum absolute atomic E-state index is 12.8. The maximum Gasteiger partial charge on any atom is 0.242 e. The van der Waals surface area contributed by atoms with E-state index in [1.165, 1.54) is 0 Å². The van der Waals surface area contributed by atoms with Crippen molar-refractivity contribution in [3.8, 4) is 0 Å². The predicted molar refractivity (Wildman–Crippen MR) is 78.0 cm³/mol. The van der Waals surface area contributed by atoms with Gasteiger partial charge in [0, 0.05) is 23.6 Å². The molecular weight excluding hydrogens is 244 g/mol. The lowest BCUT2D eigenvalue weighted by molar-refractivity contribution is -0.137. The third-order valence-electron chi connectivity index (χ3n) is 4.38. The van der Waals surface area contributed by atoms with E-state index in [2.05, 4.69) is 31.0 Å². The van der Waals surface area contributed by atoms with Gasteiger partial charge in [-0.2, -0.15) is 11.8 Å². The smallest absolute Gasteiger partial charge is 0.242 e. The third kappa shape index (κ3) is 2.85. The van der Waals surface area contributed by atoms with Gasteiger partial charge in [-0.15, -0.1) is 0 Å². The van der Waals surface area contributed by atoms with Gasteiger partial charge in [0.2, 0.25) is 5.91 Å². The normalized spacial score (nSPS) is 32.3. The van der Waals surface area contributed by atoms with Gasteiger partial charge in [0.15, 0.2) is 0 Å². The zero-order chi connectivity index (χ0) is 13.2. The van der Waals surface area contributed by atoms with Gasteiger partial charge >= 0.3 is 0 Å². The largest absolute Gasteiger partial charge is 0.340 e. The molecule has 2 aliphatic rings. The van der Waals surface area contributed by atoms with Gasteiger partial charge in [0.1, 0.15) is 0 Å². The van der Waals surface area contributed by atoms with Crippen molar-refractivity contribution in [1.29, 1.82) is 0 Å². The number of nitrogens with zero attached hydrogens (tertiary/aromatic N) is 1. The zero-order valence-electron chi connectivity index (χ0n) is 11.9. The van der Waals surface area contributed by atoms with E-state index in [1.54, 1.807) is 0 Å². The maximum atomic E-state index is 12.8. The molecule has 18 heavy (non-hydrogen) atoms. The van der Waals surface area contributed by atoms with E-state index in [-0.39, 0.29) is 5.54 Å². The zero-order valence-corrected chi connectivity index (χ0v) is 12.7. The van der Waals surface area contributed by atoms with E-state index in [9.17, 15) is 4.79 Å². The molecule has 2 saturated heterocycles. The van der Waals surface area contributed by atoms with Crippen LogP contribution in [0.1, 0.15) is 46.5 Å². The Labute approximate surface area is 115 Å². The second-order valence-electron chi connectivity index (χ2n) is 6.12. The molecule has 0 saturated carbocycles. The Hall–Kier alpha value is -0.220. The predicted octanol–water partition coefficient (Wildman–Crippen LogP) is 2.26. The van der Waals surface area contributed by atoms with Gasteiger partial charge in [-0.3, -0.25) is 4.79 Å². The first-order chi connectivity index (χ1) is 8.49. The Morgan fingerprint density at radius 2 is 2.11 bits per heavy atom. The van der Waals surface area contributed by atoms with Crippen LogP contribution >= 0.6 is 11.8 Å². The van der Waals surface area contributed by atoms with Crippen molar-refractivity contribution in [2.45, 2.75) is 56.7 Å². The van der Waals surface area contributed by atoms with Crippen molar-refractivity contribution in [3.63, 3.8) is 0 Å². The van der Waals surface area contributed by atoms with Crippen molar-refractivity contribution < 1.29 is 4.79 Å². The molecule has 1 amide bonds. The molecule has 0 radical (unpaired) electrons. The average Bonchev–Trinajstić information content (AvgIpc) is 2.75. The van der Waals surface area contributed by atoms with Crippen LogP contribution < -0.4 is 5.32 Å². The molecule has 0 aromatic carbocycles. The average molecular weight is 270 g/mol. The summed E-state index contributed by atoms with van der Waals surface area (Å²) in [5.41, 5.74) is -0.251. The number of carbonyl (C=O) groups excluding carboxylic acids is 1. The Morgan fingerprint density at radius 1 is 1.33 bits per heavy atom. The van der Waals surface area contributed by atoms with Crippen LogP contribution in [0.2, 0.25) is 0 Å². The molecule has 1 atom stereocenters. The standard InChI is InChI=1S/C14H26N2OS/c1-4-14(6-5-8-15-14)12(17)16-9-7-13(2,3)18-11-10-16/h15H,4-11H2,1-3H3. The van der Waals surface area contributed by atoms with Gasteiger partial charge in [-0.1, -0.05) is 20.8 Å². The highest BCUT2D eigenvalue weighted by atomic mass is 32.2. The third-order valence-corrected chi connectivity index (χ3v) is 5.75. The summed E-state index contributed by atoms with van der Waals surface area (Å²) in [7, 11) is 0. The summed E-state index contributed by atoms with van der Waals surface area (Å²) in [5.74, 6) is 1.42. The van der Waals surface area contributed by atoms with Crippen molar-refractivity contribution in [2.24, 2.45) is 0 Å². The Bertz CT molecular complexity index is 311. The first-order valence-corrected chi connectivity index (χ1v) is 8.16. The van der Waals surface area contributed by atoms with E-state index in [4.69, 9.17) is 0 Å². The summed E-state index contributed by atoms with van der Waals surface area (Å²) in [6.07, 6.45) is 4.16. The molecule has 104 valence electrons. The molecule has 0 aromatic heterocycles. The van der Waals surface area contributed by atoms with Crippen LogP contribution in [0.25, 0.3) is 0 Å². The minimum absolute atomic E-state index is 0.251. The molecule has 0 aromatic rings. The van der Waals surface area contributed by atoms with Crippen LogP contribution in [-0.2, 0) is 4.79 Å². The molecule has 0 spiro atoms. The molecule has 0 aliphatic carbocycles. The fraction of sp³-hybridized carbons (Fsp3) is 0.929. The summed E-state index contributed by atoms with van der Waals surface area (Å²) in [6.45, 7) is 9.53. The highest BCUT2D eigenvalue weighted by molar-refractivity contribution is 8.00. The van der Waals surface area contributed by atoms with Crippen LogP contribution in [0.4, 0.5) is 0 Å².